The number of ether oxygens (including phenoxy) is 2. The molecule has 0 radical (unpaired) electrons. The van der Waals surface area contributed by atoms with Crippen LogP contribution in [-0.4, -0.2) is 48.8 Å². The minimum atomic E-state index is -1.03. The van der Waals surface area contributed by atoms with E-state index in [4.69, 9.17) is 9.47 Å². The molecule has 2 amide bonds. The van der Waals surface area contributed by atoms with Crippen LogP contribution in [0.15, 0.2) is 12.3 Å². The van der Waals surface area contributed by atoms with Crippen molar-refractivity contribution in [2.24, 2.45) is 0 Å². The zero-order valence-electron chi connectivity index (χ0n) is 16.3. The first-order valence-electron chi connectivity index (χ1n) is 8.86. The van der Waals surface area contributed by atoms with Gasteiger partial charge in [-0.2, -0.15) is 5.10 Å². The van der Waals surface area contributed by atoms with E-state index in [-0.39, 0.29) is 24.5 Å². The normalized spacial score (nSPS) is 13.6. The van der Waals surface area contributed by atoms with Crippen LogP contribution < -0.4 is 19.3 Å². The van der Waals surface area contributed by atoms with Crippen molar-refractivity contribution in [2.45, 2.75) is 13.0 Å². The number of carbonyl (C=O) groups is 2. The topological polar surface area (TPSA) is 101 Å². The lowest BCUT2D eigenvalue weighted by Crippen LogP contribution is -2.46. The molecule has 0 saturated heterocycles. The van der Waals surface area contributed by atoms with Crippen molar-refractivity contribution in [1.82, 2.24) is 15.2 Å². The molecule has 0 unspecified atom stereocenters. The Morgan fingerprint density at radius 2 is 1.87 bits per heavy atom. The number of methoxy groups -OCH3 is 2. The van der Waals surface area contributed by atoms with Crippen LogP contribution in [-0.2, 0) is 17.8 Å². The second-order valence-corrected chi connectivity index (χ2v) is 6.59. The molecule has 1 aliphatic heterocycles. The Balaban J connectivity index is 1.91. The molecule has 0 fully saturated rings. The number of rotatable bonds is 5. The summed E-state index contributed by atoms with van der Waals surface area (Å²) in [5, 5.41) is 7.31. The third kappa shape index (κ3) is 2.73. The van der Waals surface area contributed by atoms with E-state index in [1.807, 2.05) is 0 Å². The number of anilines is 2. The molecule has 156 valence electrons. The Hall–Kier alpha value is -3.76. The van der Waals surface area contributed by atoms with Gasteiger partial charge >= 0.3 is 6.03 Å². The number of urea groups is 1. The van der Waals surface area contributed by atoms with Gasteiger partial charge in [0, 0.05) is 31.3 Å². The zero-order valence-corrected chi connectivity index (χ0v) is 16.3. The highest BCUT2D eigenvalue weighted by Gasteiger charge is 2.36. The summed E-state index contributed by atoms with van der Waals surface area (Å²) in [6.07, 6.45) is 2.24. The fourth-order valence-corrected chi connectivity index (χ4v) is 3.60. The van der Waals surface area contributed by atoms with Gasteiger partial charge in [-0.1, -0.05) is 0 Å². The van der Waals surface area contributed by atoms with Gasteiger partial charge in [-0.05, 0) is 0 Å². The van der Waals surface area contributed by atoms with E-state index in [1.54, 1.807) is 0 Å². The van der Waals surface area contributed by atoms with Crippen molar-refractivity contribution in [3.8, 4) is 11.5 Å². The molecule has 1 aliphatic rings. The smallest absolute Gasteiger partial charge is 0.329 e. The van der Waals surface area contributed by atoms with Crippen LogP contribution in [0.1, 0.15) is 11.3 Å². The highest BCUT2D eigenvalue weighted by atomic mass is 19.1. The summed E-state index contributed by atoms with van der Waals surface area (Å²) < 4.78 is 39.9. The maximum Gasteiger partial charge on any atom is 0.329 e. The maximum absolute atomic E-state index is 15.0. The van der Waals surface area contributed by atoms with Gasteiger partial charge in [0.2, 0.25) is 0 Å². The number of aldehydes is 1. The molecule has 1 N–H and O–H groups in total. The molecule has 0 aliphatic carbocycles. The van der Waals surface area contributed by atoms with Gasteiger partial charge in [0.15, 0.2) is 28.8 Å². The Morgan fingerprint density at radius 3 is 2.47 bits per heavy atom. The highest BCUT2D eigenvalue weighted by molar-refractivity contribution is 6.11. The van der Waals surface area contributed by atoms with Crippen molar-refractivity contribution >= 4 is 34.7 Å². The molecular weight excluding hydrogens is 400 g/mol. The number of halogens is 2. The highest BCUT2D eigenvalue weighted by Crippen LogP contribution is 2.42. The summed E-state index contributed by atoms with van der Waals surface area (Å²) in [6, 6.07) is 0.393. The number of hydrogen-bond donors (Lipinski definition) is 1. The molecule has 1 aromatic carbocycles. The Labute approximate surface area is 169 Å². The molecule has 4 rings (SSSR count). The Bertz CT molecular complexity index is 1150. The molecular formula is C19H17F2N5O4. The molecule has 0 spiro atoms. The Morgan fingerprint density at radius 1 is 1.20 bits per heavy atom. The molecule has 3 heterocycles. The lowest BCUT2D eigenvalue weighted by molar-refractivity contribution is -0.107. The molecule has 2 aromatic heterocycles. The summed E-state index contributed by atoms with van der Waals surface area (Å²) in [5.74, 6) is -2.58. The summed E-state index contributed by atoms with van der Waals surface area (Å²) in [4.78, 5) is 30.6. The quantitative estimate of drug-likeness (QED) is 0.641. The third-order valence-corrected chi connectivity index (χ3v) is 5.00. The van der Waals surface area contributed by atoms with Gasteiger partial charge in [-0.15, -0.1) is 0 Å². The van der Waals surface area contributed by atoms with E-state index >= 15 is 0 Å². The van der Waals surface area contributed by atoms with E-state index in [2.05, 4.69) is 15.2 Å². The van der Waals surface area contributed by atoms with Gasteiger partial charge in [-0.25, -0.2) is 18.6 Å². The van der Waals surface area contributed by atoms with E-state index in [0.29, 0.717) is 34.3 Å². The number of nitrogens with one attached hydrogen (secondary N) is 1. The van der Waals surface area contributed by atoms with Gasteiger partial charge in [0.1, 0.15) is 12.0 Å². The van der Waals surface area contributed by atoms with Crippen molar-refractivity contribution in [2.75, 3.05) is 31.1 Å². The van der Waals surface area contributed by atoms with Crippen molar-refractivity contribution in [1.29, 1.82) is 0 Å². The second kappa shape index (κ2) is 7.25. The molecule has 9 nitrogen and oxygen atoms in total. The molecule has 0 bridgehead atoms. The molecule has 3 aromatic rings. The lowest BCUT2D eigenvalue weighted by atomic mass is 10.1. The van der Waals surface area contributed by atoms with E-state index in [0.717, 1.165) is 11.0 Å². The van der Waals surface area contributed by atoms with Crippen LogP contribution in [0.5, 0.6) is 11.5 Å². The minimum Gasteiger partial charge on any atom is -0.493 e. The fraction of sp³-hybridized carbons (Fsp3) is 0.263. The lowest BCUT2D eigenvalue weighted by Gasteiger charge is -2.35. The predicted molar refractivity (Wildman–Crippen MR) is 103 cm³/mol. The first-order chi connectivity index (χ1) is 14.4. The van der Waals surface area contributed by atoms with Gasteiger partial charge in [-0.3, -0.25) is 14.9 Å². The van der Waals surface area contributed by atoms with Gasteiger partial charge in [0.05, 0.1) is 37.5 Å². The molecule has 0 saturated carbocycles. The number of amides is 2. The number of carbonyl (C=O) groups excluding carboxylic acids is 2. The van der Waals surface area contributed by atoms with Crippen molar-refractivity contribution in [3.63, 3.8) is 0 Å². The predicted octanol–water partition coefficient (Wildman–Crippen LogP) is 2.57. The summed E-state index contributed by atoms with van der Waals surface area (Å²) >= 11 is 0. The van der Waals surface area contributed by atoms with Crippen LogP contribution in [0.25, 0.3) is 11.0 Å². The number of hydrogen-bond acceptors (Lipinski definition) is 6. The number of nitrogens with zero attached hydrogens (tertiary/aromatic N) is 4. The van der Waals surface area contributed by atoms with Gasteiger partial charge in [0.25, 0.3) is 0 Å². The van der Waals surface area contributed by atoms with E-state index in [9.17, 15) is 18.4 Å². The SMILES string of the molecule is COc1cc(OC)c(F)c(N2Cc3cnc4n[nH]c(CC=O)c4c3N(C)C2=O)c1F. The average Bonchev–Trinajstić information content (AvgIpc) is 3.15. The molecule has 0 atom stereocenters. The minimum absolute atomic E-state index is 0.0523. The summed E-state index contributed by atoms with van der Waals surface area (Å²) in [7, 11) is 3.93. The van der Waals surface area contributed by atoms with Crippen LogP contribution >= 0.6 is 0 Å². The standard InChI is InChI=1S/C19H17F2N5O4/c1-25-16-9(7-22-18-13(16)10(4-5-27)23-24-18)8-26(19(25)28)17-14(20)11(29-2)6-12(30-3)15(17)21/h5-7H,4,8H2,1-3H3,(H,22,23,24). The number of aromatic nitrogens is 3. The summed E-state index contributed by atoms with van der Waals surface area (Å²) in [6.45, 7) is -0.155. The number of benzene rings is 1. The number of aromatic amines is 1. The molecule has 11 heteroatoms. The van der Waals surface area contributed by atoms with Crippen molar-refractivity contribution < 1.29 is 27.8 Å². The van der Waals surface area contributed by atoms with E-state index in [1.165, 1.54) is 32.4 Å². The third-order valence-electron chi connectivity index (χ3n) is 5.00. The number of pyridine rings is 1. The van der Waals surface area contributed by atoms with Crippen molar-refractivity contribution in [3.05, 3.63) is 35.2 Å². The second-order valence-electron chi connectivity index (χ2n) is 6.59. The monoisotopic (exact) mass is 417 g/mol. The summed E-state index contributed by atoms with van der Waals surface area (Å²) in [5.41, 5.74) is 1.24. The molecule has 30 heavy (non-hydrogen) atoms. The Kier molecular flexibility index (Phi) is 4.72. The van der Waals surface area contributed by atoms with Crippen LogP contribution in [0, 0.1) is 11.6 Å². The first kappa shape index (κ1) is 19.6. The van der Waals surface area contributed by atoms with E-state index < -0.39 is 23.4 Å². The van der Waals surface area contributed by atoms with Crippen LogP contribution in [0.4, 0.5) is 25.0 Å². The fourth-order valence-electron chi connectivity index (χ4n) is 3.60. The number of fused-ring (bicyclic) bond motifs is 3. The van der Waals surface area contributed by atoms with Gasteiger partial charge < -0.3 is 14.3 Å². The van der Waals surface area contributed by atoms with Crippen LogP contribution in [0.3, 0.4) is 0 Å². The van der Waals surface area contributed by atoms with Crippen LogP contribution in [0.2, 0.25) is 0 Å². The maximum atomic E-state index is 15.0. The largest absolute Gasteiger partial charge is 0.493 e. The first-order valence-corrected chi connectivity index (χ1v) is 8.86. The zero-order chi connectivity index (χ0) is 21.6. The number of H-pyrrole nitrogens is 1. The average molecular weight is 417 g/mol.